The van der Waals surface area contributed by atoms with Crippen molar-refractivity contribution >= 4 is 17.6 Å². The molecule has 0 amide bonds. The molecule has 0 aliphatic rings. The molecule has 0 N–H and O–H groups in total. The first-order valence-electron chi connectivity index (χ1n) is 3.39. The summed E-state index contributed by atoms with van der Waals surface area (Å²) in [4.78, 5) is 14.7. The summed E-state index contributed by atoms with van der Waals surface area (Å²) in [6.07, 6.45) is 3.30. The molecular formula is C8H8ClNO2. The number of carbonyl (C=O) groups is 1. The fourth-order valence-electron chi connectivity index (χ4n) is 0.768. The first-order valence-corrected chi connectivity index (χ1v) is 3.77. The van der Waals surface area contributed by atoms with Crippen LogP contribution in [0.5, 0.6) is 0 Å². The van der Waals surface area contributed by atoms with Gasteiger partial charge in [-0.3, -0.25) is 9.78 Å². The summed E-state index contributed by atoms with van der Waals surface area (Å²) < 4.78 is 4.48. The predicted molar refractivity (Wildman–Crippen MR) is 45.0 cm³/mol. The lowest BCUT2D eigenvalue weighted by molar-refractivity contribution is -0.139. The Labute approximate surface area is 75.3 Å². The van der Waals surface area contributed by atoms with Gasteiger partial charge in [-0.2, -0.15) is 0 Å². The maximum Gasteiger partial charge on any atom is 0.310 e. The second kappa shape index (κ2) is 4.07. The molecule has 4 heteroatoms. The molecular weight excluding hydrogens is 178 g/mol. The third-order valence-corrected chi connectivity index (χ3v) is 1.78. The van der Waals surface area contributed by atoms with E-state index in [1.165, 1.54) is 7.11 Å². The van der Waals surface area contributed by atoms with Crippen molar-refractivity contribution in [3.63, 3.8) is 0 Å². The molecule has 0 aliphatic heterocycles. The highest BCUT2D eigenvalue weighted by Crippen LogP contribution is 2.13. The number of rotatable bonds is 2. The fourth-order valence-corrected chi connectivity index (χ4v) is 0.940. The number of pyridine rings is 1. The molecule has 0 saturated carbocycles. The molecule has 1 aromatic rings. The highest BCUT2D eigenvalue weighted by atomic mass is 35.5. The molecule has 0 spiro atoms. The van der Waals surface area contributed by atoms with Crippen molar-refractivity contribution < 1.29 is 9.53 Å². The second-order valence-corrected chi connectivity index (χ2v) is 2.63. The van der Waals surface area contributed by atoms with E-state index >= 15 is 0 Å². The molecule has 0 atom stereocenters. The number of aromatic nitrogens is 1. The highest BCUT2D eigenvalue weighted by molar-refractivity contribution is 6.31. The van der Waals surface area contributed by atoms with Crippen molar-refractivity contribution in [2.75, 3.05) is 7.11 Å². The second-order valence-electron chi connectivity index (χ2n) is 2.22. The summed E-state index contributed by atoms with van der Waals surface area (Å²) in [7, 11) is 1.34. The molecule has 0 bridgehead atoms. The Morgan fingerprint density at radius 3 is 3.08 bits per heavy atom. The summed E-state index contributed by atoms with van der Waals surface area (Å²) in [5.74, 6) is -0.315. The van der Waals surface area contributed by atoms with Gasteiger partial charge in [-0.05, 0) is 6.07 Å². The number of ether oxygens (including phenoxy) is 1. The monoisotopic (exact) mass is 185 g/mol. The minimum Gasteiger partial charge on any atom is -0.469 e. The Morgan fingerprint density at radius 1 is 1.75 bits per heavy atom. The van der Waals surface area contributed by atoms with E-state index in [2.05, 4.69) is 9.72 Å². The van der Waals surface area contributed by atoms with Crippen molar-refractivity contribution in [2.24, 2.45) is 0 Å². The zero-order valence-corrected chi connectivity index (χ0v) is 7.34. The van der Waals surface area contributed by atoms with Crippen LogP contribution in [0.1, 0.15) is 5.56 Å². The normalized spacial score (nSPS) is 9.50. The van der Waals surface area contributed by atoms with Gasteiger partial charge in [0.1, 0.15) is 0 Å². The largest absolute Gasteiger partial charge is 0.469 e. The van der Waals surface area contributed by atoms with Gasteiger partial charge >= 0.3 is 5.97 Å². The van der Waals surface area contributed by atoms with Crippen molar-refractivity contribution in [1.82, 2.24) is 4.98 Å². The summed E-state index contributed by atoms with van der Waals surface area (Å²) >= 11 is 5.78. The van der Waals surface area contributed by atoms with Gasteiger partial charge in [0, 0.05) is 23.0 Å². The lowest BCUT2D eigenvalue weighted by Gasteiger charge is -2.00. The number of nitrogens with zero attached hydrogens (tertiary/aromatic N) is 1. The molecule has 1 aromatic heterocycles. The maximum absolute atomic E-state index is 10.8. The van der Waals surface area contributed by atoms with Crippen LogP contribution in [0, 0.1) is 0 Å². The molecule has 12 heavy (non-hydrogen) atoms. The SMILES string of the molecule is COC(=O)Cc1cnccc1Cl. The first kappa shape index (κ1) is 9.00. The van der Waals surface area contributed by atoms with Crippen LogP contribution in [0.15, 0.2) is 18.5 Å². The molecule has 0 unspecified atom stereocenters. The van der Waals surface area contributed by atoms with Gasteiger partial charge < -0.3 is 4.74 Å². The molecule has 1 rings (SSSR count). The zero-order valence-electron chi connectivity index (χ0n) is 6.58. The third kappa shape index (κ3) is 2.20. The van der Waals surface area contributed by atoms with Gasteiger partial charge in [0.2, 0.25) is 0 Å². The highest BCUT2D eigenvalue weighted by Gasteiger charge is 2.05. The molecule has 0 saturated heterocycles. The van der Waals surface area contributed by atoms with E-state index in [-0.39, 0.29) is 12.4 Å². The molecule has 0 aliphatic carbocycles. The molecule has 0 fully saturated rings. The average Bonchev–Trinajstić information content (AvgIpc) is 2.09. The Kier molecular flexibility index (Phi) is 3.05. The van der Waals surface area contributed by atoms with Gasteiger partial charge in [-0.25, -0.2) is 0 Å². The first-order chi connectivity index (χ1) is 5.74. The lowest BCUT2D eigenvalue weighted by Crippen LogP contribution is -2.04. The van der Waals surface area contributed by atoms with Crippen LogP contribution < -0.4 is 0 Å². The summed E-state index contributed by atoms with van der Waals surface area (Å²) in [5, 5.41) is 0.537. The lowest BCUT2D eigenvalue weighted by atomic mass is 10.2. The van der Waals surface area contributed by atoms with Crippen LogP contribution in [0.25, 0.3) is 0 Å². The average molecular weight is 186 g/mol. The zero-order chi connectivity index (χ0) is 8.97. The van der Waals surface area contributed by atoms with E-state index in [9.17, 15) is 4.79 Å². The van der Waals surface area contributed by atoms with Crippen molar-refractivity contribution in [2.45, 2.75) is 6.42 Å². The van der Waals surface area contributed by atoms with Crippen LogP contribution >= 0.6 is 11.6 Å². The van der Waals surface area contributed by atoms with Crippen molar-refractivity contribution in [1.29, 1.82) is 0 Å². The molecule has 0 radical (unpaired) electrons. The predicted octanol–water partition coefficient (Wildman–Crippen LogP) is 1.45. The smallest absolute Gasteiger partial charge is 0.310 e. The Balaban J connectivity index is 2.75. The van der Waals surface area contributed by atoms with E-state index in [4.69, 9.17) is 11.6 Å². The molecule has 3 nitrogen and oxygen atoms in total. The number of carbonyl (C=O) groups excluding carboxylic acids is 1. The number of methoxy groups -OCH3 is 1. The molecule has 0 aromatic carbocycles. The van der Waals surface area contributed by atoms with Crippen molar-refractivity contribution in [3.05, 3.63) is 29.0 Å². The maximum atomic E-state index is 10.8. The summed E-state index contributed by atoms with van der Waals surface area (Å²) in [5.41, 5.74) is 0.686. The van der Waals surface area contributed by atoms with Gasteiger partial charge in [0.05, 0.1) is 13.5 Å². The minimum absolute atomic E-state index is 0.170. The number of hydrogen-bond acceptors (Lipinski definition) is 3. The standard InChI is InChI=1S/C8H8ClNO2/c1-12-8(11)4-6-5-10-3-2-7(6)9/h2-3,5H,4H2,1H3. The Bertz CT molecular complexity index is 288. The van der Waals surface area contributed by atoms with Crippen LogP contribution in [0.3, 0.4) is 0 Å². The number of esters is 1. The van der Waals surface area contributed by atoms with Crippen molar-refractivity contribution in [3.8, 4) is 0 Å². The number of hydrogen-bond donors (Lipinski definition) is 0. The van der Waals surface area contributed by atoms with E-state index in [0.717, 1.165) is 0 Å². The topological polar surface area (TPSA) is 39.2 Å². The molecule has 1 heterocycles. The van der Waals surface area contributed by atoms with E-state index < -0.39 is 0 Å². The van der Waals surface area contributed by atoms with Gasteiger partial charge in [0.15, 0.2) is 0 Å². The van der Waals surface area contributed by atoms with Crippen LogP contribution in [0.4, 0.5) is 0 Å². The van der Waals surface area contributed by atoms with Crippen LogP contribution in [-0.2, 0) is 16.0 Å². The molecule has 64 valence electrons. The summed E-state index contributed by atoms with van der Waals surface area (Å²) in [6.45, 7) is 0. The quantitative estimate of drug-likeness (QED) is 0.655. The minimum atomic E-state index is -0.315. The van der Waals surface area contributed by atoms with Gasteiger partial charge in [-0.1, -0.05) is 11.6 Å². The number of halogens is 1. The van der Waals surface area contributed by atoms with Crippen LogP contribution in [-0.4, -0.2) is 18.1 Å². The van der Waals surface area contributed by atoms with E-state index in [1.54, 1.807) is 18.5 Å². The van der Waals surface area contributed by atoms with E-state index in [0.29, 0.717) is 10.6 Å². The van der Waals surface area contributed by atoms with Gasteiger partial charge in [-0.15, -0.1) is 0 Å². The summed E-state index contributed by atoms with van der Waals surface area (Å²) in [6, 6.07) is 1.64. The third-order valence-electron chi connectivity index (χ3n) is 1.41. The van der Waals surface area contributed by atoms with Crippen LogP contribution in [0.2, 0.25) is 5.02 Å². The Hall–Kier alpha value is -1.09. The van der Waals surface area contributed by atoms with Gasteiger partial charge in [0.25, 0.3) is 0 Å². The Morgan fingerprint density at radius 2 is 2.50 bits per heavy atom. The fraction of sp³-hybridized carbons (Fsp3) is 0.250. The van der Waals surface area contributed by atoms with E-state index in [1.807, 2.05) is 0 Å².